The number of thioether (sulfide) groups is 1. The zero-order chi connectivity index (χ0) is 12.6. The van der Waals surface area contributed by atoms with Crippen molar-refractivity contribution in [3.63, 3.8) is 0 Å². The van der Waals surface area contributed by atoms with Gasteiger partial charge in [-0.15, -0.1) is 0 Å². The quantitative estimate of drug-likeness (QED) is 0.330. The zero-order valence-electron chi connectivity index (χ0n) is 8.60. The predicted molar refractivity (Wildman–Crippen MR) is 73.6 cm³/mol. The molecule has 2 aromatic rings. The maximum atomic E-state index is 14.0. The minimum Gasteiger partial charge on any atom is -0.219 e. The fourth-order valence-corrected chi connectivity index (χ4v) is 2.65. The second kappa shape index (κ2) is 5.26. The van der Waals surface area contributed by atoms with E-state index in [4.69, 9.17) is 23.2 Å². The molecule has 0 amide bonds. The Labute approximate surface area is 120 Å². The molecule has 0 spiro atoms. The van der Waals surface area contributed by atoms with Gasteiger partial charge in [0.25, 0.3) is 0 Å². The van der Waals surface area contributed by atoms with Crippen LogP contribution in [-0.4, -0.2) is 15.7 Å². The van der Waals surface area contributed by atoms with E-state index >= 15 is 0 Å². The Morgan fingerprint density at radius 3 is 2.76 bits per heavy atom. The van der Waals surface area contributed by atoms with E-state index in [-0.39, 0.29) is 20.2 Å². The summed E-state index contributed by atoms with van der Waals surface area (Å²) in [5.74, 6) is 0.271. The minimum absolute atomic E-state index is 0.178. The molecule has 0 saturated heterocycles. The number of fused-ring (bicyclic) bond motifs is 1. The van der Waals surface area contributed by atoms with E-state index in [9.17, 15) is 4.39 Å². The monoisotopic (exact) mass is 354 g/mol. The summed E-state index contributed by atoms with van der Waals surface area (Å²) in [6.07, 6.45) is 0. The molecular formula is C10H6BrCl2FN2S. The summed E-state index contributed by atoms with van der Waals surface area (Å²) in [5, 5.41) is 1.33. The van der Waals surface area contributed by atoms with E-state index in [1.54, 1.807) is 6.07 Å². The number of hydrogen-bond acceptors (Lipinski definition) is 3. The van der Waals surface area contributed by atoms with E-state index in [1.165, 1.54) is 11.8 Å². The summed E-state index contributed by atoms with van der Waals surface area (Å²) in [6.45, 7) is 1.96. The van der Waals surface area contributed by atoms with Gasteiger partial charge in [0, 0.05) is 5.39 Å². The molecule has 0 fully saturated rings. The van der Waals surface area contributed by atoms with Crippen LogP contribution < -0.4 is 0 Å². The lowest BCUT2D eigenvalue weighted by Crippen LogP contribution is -1.94. The van der Waals surface area contributed by atoms with Gasteiger partial charge in [-0.05, 0) is 27.7 Å². The summed E-state index contributed by atoms with van der Waals surface area (Å²) >= 11 is 16.3. The van der Waals surface area contributed by atoms with Crippen LogP contribution in [0, 0.1) is 5.82 Å². The van der Waals surface area contributed by atoms with Crippen molar-refractivity contribution in [2.24, 2.45) is 0 Å². The van der Waals surface area contributed by atoms with Crippen LogP contribution in [-0.2, 0) is 0 Å². The fraction of sp³-hybridized carbons (Fsp3) is 0.200. The van der Waals surface area contributed by atoms with Gasteiger partial charge in [-0.3, -0.25) is 0 Å². The number of benzene rings is 1. The number of aromatic nitrogens is 2. The highest BCUT2D eigenvalue weighted by atomic mass is 79.9. The van der Waals surface area contributed by atoms with Gasteiger partial charge in [0.1, 0.15) is 10.7 Å². The van der Waals surface area contributed by atoms with E-state index in [2.05, 4.69) is 25.9 Å². The normalized spacial score (nSPS) is 11.1. The van der Waals surface area contributed by atoms with E-state index in [0.29, 0.717) is 10.5 Å². The fourth-order valence-electron chi connectivity index (χ4n) is 1.31. The molecule has 0 bridgehead atoms. The first-order chi connectivity index (χ1) is 8.04. The predicted octanol–water partition coefficient (Wildman–Crippen LogP) is 4.95. The van der Waals surface area contributed by atoms with Crippen LogP contribution in [0.25, 0.3) is 10.9 Å². The van der Waals surface area contributed by atoms with Gasteiger partial charge in [-0.1, -0.05) is 41.9 Å². The van der Waals surface area contributed by atoms with Crippen molar-refractivity contribution in [2.45, 2.75) is 12.1 Å². The molecule has 0 saturated carbocycles. The Kier molecular flexibility index (Phi) is 4.13. The lowest BCUT2D eigenvalue weighted by atomic mass is 10.2. The molecule has 0 aliphatic rings. The Morgan fingerprint density at radius 1 is 1.41 bits per heavy atom. The van der Waals surface area contributed by atoms with Gasteiger partial charge >= 0.3 is 0 Å². The van der Waals surface area contributed by atoms with Crippen LogP contribution in [0.5, 0.6) is 0 Å². The summed E-state index contributed by atoms with van der Waals surface area (Å²) in [7, 11) is 0. The third-order valence-electron chi connectivity index (χ3n) is 2.03. The Bertz CT molecular complexity index is 594. The third kappa shape index (κ3) is 2.52. The van der Waals surface area contributed by atoms with Crippen molar-refractivity contribution >= 4 is 61.8 Å². The molecule has 0 N–H and O–H groups in total. The molecule has 0 aliphatic heterocycles. The first-order valence-corrected chi connectivity index (χ1v) is 7.21. The molecule has 90 valence electrons. The van der Waals surface area contributed by atoms with Crippen LogP contribution in [0.2, 0.25) is 10.2 Å². The Morgan fingerprint density at radius 2 is 2.12 bits per heavy atom. The lowest BCUT2D eigenvalue weighted by Gasteiger charge is -2.06. The first-order valence-electron chi connectivity index (χ1n) is 4.68. The molecule has 1 aromatic heterocycles. The molecule has 7 heteroatoms. The van der Waals surface area contributed by atoms with Crippen molar-refractivity contribution in [2.75, 3.05) is 5.75 Å². The molecule has 0 radical (unpaired) electrons. The number of rotatable bonds is 2. The van der Waals surface area contributed by atoms with Crippen molar-refractivity contribution in [3.05, 3.63) is 26.5 Å². The highest BCUT2D eigenvalue weighted by Crippen LogP contribution is 2.34. The van der Waals surface area contributed by atoms with Crippen LogP contribution >= 0.6 is 50.9 Å². The molecule has 2 rings (SSSR count). The molecular weight excluding hydrogens is 350 g/mol. The highest BCUT2D eigenvalue weighted by molar-refractivity contribution is 9.10. The van der Waals surface area contributed by atoms with Gasteiger partial charge in [-0.2, -0.15) is 0 Å². The maximum Gasteiger partial charge on any atom is 0.189 e. The minimum atomic E-state index is -0.519. The smallest absolute Gasteiger partial charge is 0.189 e. The standard InChI is InChI=1S/C10H6BrCl2FN2S/c1-2-17-10-15-8-4(9(13)16-10)3-5(12)6(11)7(8)14/h3H,2H2,1H3. The Hall–Kier alpha value is -0.100. The molecule has 1 aromatic carbocycles. The van der Waals surface area contributed by atoms with Gasteiger partial charge in [0.2, 0.25) is 0 Å². The number of hydrogen-bond donors (Lipinski definition) is 0. The molecule has 0 atom stereocenters. The highest BCUT2D eigenvalue weighted by Gasteiger charge is 2.15. The van der Waals surface area contributed by atoms with Crippen molar-refractivity contribution in [3.8, 4) is 0 Å². The molecule has 0 unspecified atom stereocenters. The summed E-state index contributed by atoms with van der Waals surface area (Å²) in [6, 6.07) is 1.55. The summed E-state index contributed by atoms with van der Waals surface area (Å²) in [5.41, 5.74) is 0.178. The van der Waals surface area contributed by atoms with Gasteiger partial charge in [-0.25, -0.2) is 14.4 Å². The zero-order valence-corrected chi connectivity index (χ0v) is 12.5. The average molecular weight is 356 g/mol. The third-order valence-corrected chi connectivity index (χ3v) is 4.35. The van der Waals surface area contributed by atoms with E-state index in [1.807, 2.05) is 6.92 Å². The van der Waals surface area contributed by atoms with Crippen molar-refractivity contribution in [1.82, 2.24) is 9.97 Å². The first kappa shape index (κ1) is 13.3. The Balaban J connectivity index is 2.78. The van der Waals surface area contributed by atoms with Crippen LogP contribution in [0.1, 0.15) is 6.92 Å². The van der Waals surface area contributed by atoms with Crippen molar-refractivity contribution < 1.29 is 4.39 Å². The summed E-state index contributed by atoms with van der Waals surface area (Å²) in [4.78, 5) is 8.21. The van der Waals surface area contributed by atoms with Gasteiger partial charge in [0.15, 0.2) is 11.0 Å². The SMILES string of the molecule is CCSc1nc(Cl)c2cc(Cl)c(Br)c(F)c2n1. The molecule has 0 aliphatic carbocycles. The van der Waals surface area contributed by atoms with Crippen LogP contribution in [0.4, 0.5) is 4.39 Å². The van der Waals surface area contributed by atoms with Crippen molar-refractivity contribution in [1.29, 1.82) is 0 Å². The van der Waals surface area contributed by atoms with E-state index in [0.717, 1.165) is 5.75 Å². The maximum absolute atomic E-state index is 14.0. The van der Waals surface area contributed by atoms with Crippen LogP contribution in [0.3, 0.4) is 0 Å². The van der Waals surface area contributed by atoms with Crippen LogP contribution in [0.15, 0.2) is 15.7 Å². The second-order valence-electron chi connectivity index (χ2n) is 3.11. The number of nitrogens with zero attached hydrogens (tertiary/aromatic N) is 2. The van der Waals surface area contributed by atoms with Gasteiger partial charge in [0.05, 0.1) is 9.50 Å². The second-order valence-corrected chi connectivity index (χ2v) is 5.90. The summed E-state index contributed by atoms with van der Waals surface area (Å²) < 4.78 is 14.2. The topological polar surface area (TPSA) is 25.8 Å². The largest absolute Gasteiger partial charge is 0.219 e. The van der Waals surface area contributed by atoms with E-state index < -0.39 is 5.82 Å². The molecule has 2 nitrogen and oxygen atoms in total. The van der Waals surface area contributed by atoms with Gasteiger partial charge < -0.3 is 0 Å². The molecule has 17 heavy (non-hydrogen) atoms. The lowest BCUT2D eigenvalue weighted by molar-refractivity contribution is 0.628. The number of halogens is 4. The average Bonchev–Trinajstić information content (AvgIpc) is 2.29. The molecule has 1 heterocycles.